The third-order valence-electron chi connectivity index (χ3n) is 5.64. The number of cyclic esters (lactones) is 1. The summed E-state index contributed by atoms with van der Waals surface area (Å²) in [6.07, 6.45) is 11.2. The molecule has 1 aromatic heterocycles. The van der Waals surface area contributed by atoms with Gasteiger partial charge in [-0.3, -0.25) is 4.90 Å². The topological polar surface area (TPSA) is 100.0 Å². The number of carbonyl (C=O) groups is 2. The fourth-order valence-corrected chi connectivity index (χ4v) is 5.92. The number of aromatic nitrogens is 1. The number of amides is 1. The second-order valence-electron chi connectivity index (χ2n) is 8.33. The van der Waals surface area contributed by atoms with Gasteiger partial charge in [-0.05, 0) is 25.7 Å². The lowest BCUT2D eigenvalue weighted by molar-refractivity contribution is 0.0303. The standard InChI is InChI=1S/C21H30N2O5S2/c1-21(27,12-15-6-3-2-4-7-15)9-5-8-16-13-28-20(26)23(16)10-11-29-19-22-17(14-30-19)18(24)25/h5,8,14-16,27H,2-4,6-7,9-13H2,1H3,(H,24,25)/b8-5+/t16-,21?/m0/s1. The number of carboxylic acids is 1. The highest BCUT2D eigenvalue weighted by molar-refractivity contribution is 8.01. The number of hydrogen-bond donors (Lipinski definition) is 2. The highest BCUT2D eigenvalue weighted by Crippen LogP contribution is 2.32. The lowest BCUT2D eigenvalue weighted by atomic mass is 9.80. The van der Waals surface area contributed by atoms with Gasteiger partial charge in [0.1, 0.15) is 6.61 Å². The molecule has 2 aliphatic rings. The third-order valence-corrected chi connectivity index (χ3v) is 7.64. The van der Waals surface area contributed by atoms with Gasteiger partial charge in [0.2, 0.25) is 0 Å². The minimum atomic E-state index is -1.04. The zero-order valence-electron chi connectivity index (χ0n) is 17.3. The molecule has 9 heteroatoms. The van der Waals surface area contributed by atoms with E-state index in [0.717, 1.165) is 6.42 Å². The van der Waals surface area contributed by atoms with Crippen molar-refractivity contribution >= 4 is 35.2 Å². The molecule has 0 bridgehead atoms. The van der Waals surface area contributed by atoms with Gasteiger partial charge in [0.15, 0.2) is 10.0 Å². The Hall–Kier alpha value is -1.58. The van der Waals surface area contributed by atoms with Crippen LogP contribution in [0.5, 0.6) is 0 Å². The molecule has 1 aromatic rings. The Morgan fingerprint density at radius 1 is 1.43 bits per heavy atom. The summed E-state index contributed by atoms with van der Waals surface area (Å²) in [6, 6.07) is -0.144. The van der Waals surface area contributed by atoms with E-state index in [1.54, 1.807) is 4.90 Å². The number of carboxylic acid groups (broad SMARTS) is 1. The van der Waals surface area contributed by atoms with Gasteiger partial charge in [-0.15, -0.1) is 11.3 Å². The normalized spacial score (nSPS) is 22.4. The molecule has 30 heavy (non-hydrogen) atoms. The van der Waals surface area contributed by atoms with Gasteiger partial charge in [-0.1, -0.05) is 56.0 Å². The van der Waals surface area contributed by atoms with Crippen molar-refractivity contribution in [2.45, 2.75) is 67.9 Å². The Morgan fingerprint density at radius 2 is 2.20 bits per heavy atom. The Balaban J connectivity index is 1.45. The van der Waals surface area contributed by atoms with Crippen molar-refractivity contribution < 1.29 is 24.5 Å². The van der Waals surface area contributed by atoms with E-state index < -0.39 is 11.6 Å². The summed E-state index contributed by atoms with van der Waals surface area (Å²) in [4.78, 5) is 28.7. The molecule has 7 nitrogen and oxygen atoms in total. The lowest BCUT2D eigenvalue weighted by Crippen LogP contribution is -2.34. The van der Waals surface area contributed by atoms with E-state index in [0.29, 0.717) is 35.6 Å². The van der Waals surface area contributed by atoms with Crippen LogP contribution in [0.3, 0.4) is 0 Å². The number of aliphatic hydroxyl groups is 1. The minimum Gasteiger partial charge on any atom is -0.476 e. The van der Waals surface area contributed by atoms with Crippen molar-refractivity contribution in [3.63, 3.8) is 0 Å². The predicted molar refractivity (Wildman–Crippen MR) is 117 cm³/mol. The summed E-state index contributed by atoms with van der Waals surface area (Å²) in [5, 5.41) is 21.2. The number of carbonyl (C=O) groups excluding carboxylic acids is 1. The van der Waals surface area contributed by atoms with Crippen LogP contribution in [0.4, 0.5) is 4.79 Å². The summed E-state index contributed by atoms with van der Waals surface area (Å²) >= 11 is 2.71. The third kappa shape index (κ3) is 6.72. The van der Waals surface area contributed by atoms with Gasteiger partial charge in [0.25, 0.3) is 0 Å². The molecule has 1 aliphatic carbocycles. The van der Waals surface area contributed by atoms with Crippen molar-refractivity contribution in [3.05, 3.63) is 23.2 Å². The van der Waals surface area contributed by atoms with E-state index in [2.05, 4.69) is 4.98 Å². The number of hydrogen-bond acceptors (Lipinski definition) is 7. The fraction of sp³-hybridized carbons (Fsp3) is 0.667. The first-order valence-corrected chi connectivity index (χ1v) is 12.3. The van der Waals surface area contributed by atoms with Crippen LogP contribution in [0.15, 0.2) is 21.9 Å². The average Bonchev–Trinajstić information content (AvgIpc) is 3.30. The van der Waals surface area contributed by atoms with Crippen LogP contribution >= 0.6 is 23.1 Å². The van der Waals surface area contributed by atoms with Gasteiger partial charge in [0.05, 0.1) is 11.6 Å². The van der Waals surface area contributed by atoms with Crippen LogP contribution < -0.4 is 0 Å². The van der Waals surface area contributed by atoms with Gasteiger partial charge >= 0.3 is 12.1 Å². The maximum absolute atomic E-state index is 12.1. The lowest BCUT2D eigenvalue weighted by Gasteiger charge is -2.30. The van der Waals surface area contributed by atoms with E-state index >= 15 is 0 Å². The molecular weight excluding hydrogens is 424 g/mol. The van der Waals surface area contributed by atoms with Crippen LogP contribution in [0.1, 0.15) is 62.4 Å². The highest BCUT2D eigenvalue weighted by atomic mass is 32.2. The summed E-state index contributed by atoms with van der Waals surface area (Å²) in [7, 11) is 0. The number of rotatable bonds is 10. The number of ether oxygens (including phenoxy) is 1. The summed E-state index contributed by atoms with van der Waals surface area (Å²) in [5.41, 5.74) is -0.681. The molecule has 2 atom stereocenters. The largest absolute Gasteiger partial charge is 0.476 e. The molecule has 1 saturated heterocycles. The first-order valence-electron chi connectivity index (χ1n) is 10.5. The zero-order chi connectivity index (χ0) is 21.6. The van der Waals surface area contributed by atoms with Crippen molar-refractivity contribution in [2.75, 3.05) is 18.9 Å². The smallest absolute Gasteiger partial charge is 0.410 e. The molecule has 2 heterocycles. The predicted octanol–water partition coefficient (Wildman–Crippen LogP) is 4.42. The molecule has 0 spiro atoms. The monoisotopic (exact) mass is 454 g/mol. The van der Waals surface area contributed by atoms with Gasteiger partial charge in [0, 0.05) is 17.7 Å². The molecule has 0 aromatic carbocycles. The number of nitrogens with zero attached hydrogens (tertiary/aromatic N) is 2. The summed E-state index contributed by atoms with van der Waals surface area (Å²) in [6.45, 7) is 2.69. The van der Waals surface area contributed by atoms with Crippen molar-refractivity contribution in [1.29, 1.82) is 0 Å². The van der Waals surface area contributed by atoms with Crippen LogP contribution in [0.25, 0.3) is 0 Å². The molecule has 1 saturated carbocycles. The Kier molecular flexibility index (Phi) is 8.19. The second kappa shape index (κ2) is 10.6. The molecule has 3 rings (SSSR count). The van der Waals surface area contributed by atoms with Crippen molar-refractivity contribution in [1.82, 2.24) is 9.88 Å². The fourth-order valence-electron chi connectivity index (χ4n) is 4.11. The van der Waals surface area contributed by atoms with E-state index in [1.165, 1.54) is 60.6 Å². The van der Waals surface area contributed by atoms with E-state index in [4.69, 9.17) is 9.84 Å². The number of thioether (sulfide) groups is 1. The summed E-state index contributed by atoms with van der Waals surface area (Å²) in [5.74, 6) is 0.177. The average molecular weight is 455 g/mol. The quantitative estimate of drug-likeness (QED) is 0.399. The van der Waals surface area contributed by atoms with E-state index in [1.807, 2.05) is 19.1 Å². The molecular formula is C21H30N2O5S2. The maximum Gasteiger partial charge on any atom is 0.410 e. The number of thiazole rings is 1. The SMILES string of the molecule is CC(O)(C/C=C/[C@H]1COC(=O)N1CCSc1nc(C(=O)O)cs1)CC1CCCCC1. The van der Waals surface area contributed by atoms with Crippen LogP contribution in [0, 0.1) is 5.92 Å². The highest BCUT2D eigenvalue weighted by Gasteiger charge is 2.31. The molecule has 166 valence electrons. The van der Waals surface area contributed by atoms with Crippen LogP contribution in [0.2, 0.25) is 0 Å². The Labute approximate surface area is 185 Å². The molecule has 2 N–H and O–H groups in total. The van der Waals surface area contributed by atoms with Crippen LogP contribution in [-0.2, 0) is 4.74 Å². The Bertz CT molecular complexity index is 758. The van der Waals surface area contributed by atoms with E-state index in [-0.39, 0.29) is 17.8 Å². The molecule has 1 unspecified atom stereocenters. The van der Waals surface area contributed by atoms with Crippen molar-refractivity contribution in [2.24, 2.45) is 5.92 Å². The molecule has 1 amide bonds. The maximum atomic E-state index is 12.1. The first kappa shape index (κ1) is 23.1. The molecule has 0 radical (unpaired) electrons. The van der Waals surface area contributed by atoms with Crippen LogP contribution in [-0.4, -0.2) is 62.7 Å². The Morgan fingerprint density at radius 3 is 2.90 bits per heavy atom. The first-order chi connectivity index (χ1) is 14.3. The molecule has 2 fully saturated rings. The van der Waals surface area contributed by atoms with E-state index in [9.17, 15) is 14.7 Å². The number of aromatic carboxylic acids is 1. The second-order valence-corrected chi connectivity index (χ2v) is 10.5. The molecule has 1 aliphatic heterocycles. The zero-order valence-corrected chi connectivity index (χ0v) is 18.9. The van der Waals surface area contributed by atoms with Crippen molar-refractivity contribution in [3.8, 4) is 0 Å². The summed E-state index contributed by atoms with van der Waals surface area (Å²) < 4.78 is 5.87. The van der Waals surface area contributed by atoms with Gasteiger partial charge in [-0.2, -0.15) is 0 Å². The minimum absolute atomic E-state index is 0.0455. The van der Waals surface area contributed by atoms with Gasteiger partial charge in [-0.25, -0.2) is 14.6 Å². The van der Waals surface area contributed by atoms with Gasteiger partial charge < -0.3 is 14.9 Å².